The third-order valence-electron chi connectivity index (χ3n) is 4.18. The summed E-state index contributed by atoms with van der Waals surface area (Å²) in [6, 6.07) is 14.0. The summed E-state index contributed by atoms with van der Waals surface area (Å²) in [7, 11) is 2.01. The van der Waals surface area contributed by atoms with Crippen LogP contribution in [-0.2, 0) is 24.2 Å². The molecule has 1 unspecified atom stereocenters. The molecular weight excluding hydrogens is 320 g/mol. The molecule has 2 rings (SSSR count). The van der Waals surface area contributed by atoms with E-state index < -0.39 is 0 Å². The molecule has 128 valence electrons. The van der Waals surface area contributed by atoms with E-state index in [1.54, 1.807) is 0 Å². The Morgan fingerprint density at radius 3 is 2.17 bits per heavy atom. The third-order valence-corrected chi connectivity index (χ3v) is 4.54. The highest BCUT2D eigenvalue weighted by Crippen LogP contribution is 2.22. The molecule has 0 aliphatic carbocycles. The Hall–Kier alpha value is -1.84. The number of carbonyl (C=O) groups excluding carboxylic acids is 1. The Balaban J connectivity index is 2.02. The fraction of sp³-hybridized carbons (Fsp3) is 0.350. The van der Waals surface area contributed by atoms with E-state index in [2.05, 4.69) is 37.4 Å². The highest BCUT2D eigenvalue weighted by molar-refractivity contribution is 6.31. The molecule has 0 spiro atoms. The first kappa shape index (κ1) is 18.5. The van der Waals surface area contributed by atoms with Crippen molar-refractivity contribution in [3.8, 4) is 0 Å². The predicted octanol–water partition coefficient (Wildman–Crippen LogP) is 3.12. The van der Waals surface area contributed by atoms with Crippen molar-refractivity contribution in [1.29, 1.82) is 0 Å². The lowest BCUT2D eigenvalue weighted by Gasteiger charge is -2.17. The minimum atomic E-state index is 0.0372. The van der Waals surface area contributed by atoms with E-state index in [0.29, 0.717) is 6.54 Å². The maximum Gasteiger partial charge on any atom is 0.279 e. The van der Waals surface area contributed by atoms with E-state index in [4.69, 9.17) is 11.6 Å². The molecule has 2 aromatic carbocycles. The van der Waals surface area contributed by atoms with E-state index in [-0.39, 0.29) is 5.91 Å². The number of hydrogen-bond donors (Lipinski definition) is 2. The number of anilines is 1. The topological polar surface area (TPSA) is 33.5 Å². The van der Waals surface area contributed by atoms with E-state index in [9.17, 15) is 4.79 Å². The molecule has 0 aliphatic rings. The van der Waals surface area contributed by atoms with Crippen LogP contribution in [0.3, 0.4) is 0 Å². The number of halogens is 1. The standard InChI is InChI=1S/C20H25ClN2O/c1-4-15-10-8-11-16(5-2)20(15)22-19(24)14-23(3)13-17-9-6-7-12-18(17)21/h6-12H,4-5,13-14H2,1-3H3,(H,22,24)/p+1. The van der Waals surface area contributed by atoms with Crippen LogP contribution in [0.1, 0.15) is 30.5 Å². The van der Waals surface area contributed by atoms with Crippen molar-refractivity contribution in [2.24, 2.45) is 0 Å². The normalized spacial score (nSPS) is 12.0. The molecule has 4 heteroatoms. The second kappa shape index (κ2) is 8.86. The second-order valence-electron chi connectivity index (χ2n) is 6.11. The van der Waals surface area contributed by atoms with Crippen LogP contribution in [0.25, 0.3) is 0 Å². The van der Waals surface area contributed by atoms with Crippen LogP contribution in [-0.4, -0.2) is 19.5 Å². The van der Waals surface area contributed by atoms with Crippen molar-refractivity contribution in [3.63, 3.8) is 0 Å². The zero-order valence-corrected chi connectivity index (χ0v) is 15.4. The monoisotopic (exact) mass is 345 g/mol. The zero-order chi connectivity index (χ0) is 17.5. The quantitative estimate of drug-likeness (QED) is 0.794. The van der Waals surface area contributed by atoms with Gasteiger partial charge in [-0.25, -0.2) is 0 Å². The minimum Gasteiger partial charge on any atom is -0.326 e. The molecule has 0 aliphatic heterocycles. The largest absolute Gasteiger partial charge is 0.326 e. The molecule has 3 nitrogen and oxygen atoms in total. The number of aryl methyl sites for hydroxylation is 2. The number of amides is 1. The van der Waals surface area contributed by atoms with Crippen LogP contribution < -0.4 is 10.2 Å². The maximum atomic E-state index is 12.5. The van der Waals surface area contributed by atoms with E-state index in [1.165, 1.54) is 11.1 Å². The van der Waals surface area contributed by atoms with E-state index >= 15 is 0 Å². The Kier molecular flexibility index (Phi) is 6.83. The molecule has 24 heavy (non-hydrogen) atoms. The first-order valence-corrected chi connectivity index (χ1v) is 8.88. The molecular formula is C20H26ClN2O+. The van der Waals surface area contributed by atoms with E-state index in [1.807, 2.05) is 31.3 Å². The molecule has 0 aromatic heterocycles. The van der Waals surface area contributed by atoms with Gasteiger partial charge in [-0.1, -0.05) is 61.8 Å². The number of nitrogens with one attached hydrogen (secondary N) is 2. The summed E-state index contributed by atoms with van der Waals surface area (Å²) in [6.07, 6.45) is 1.82. The van der Waals surface area contributed by atoms with Crippen LogP contribution in [0.5, 0.6) is 0 Å². The molecule has 0 saturated heterocycles. The molecule has 0 heterocycles. The van der Waals surface area contributed by atoms with E-state index in [0.717, 1.165) is 40.6 Å². The Morgan fingerprint density at radius 2 is 1.58 bits per heavy atom. The molecule has 0 saturated carbocycles. The second-order valence-corrected chi connectivity index (χ2v) is 6.52. The highest BCUT2D eigenvalue weighted by atomic mass is 35.5. The number of benzene rings is 2. The predicted molar refractivity (Wildman–Crippen MR) is 101 cm³/mol. The van der Waals surface area contributed by atoms with Crippen LogP contribution in [0, 0.1) is 0 Å². The van der Waals surface area contributed by atoms with Crippen LogP contribution in [0.4, 0.5) is 5.69 Å². The van der Waals surface area contributed by atoms with Gasteiger partial charge in [-0.2, -0.15) is 0 Å². The average molecular weight is 346 g/mol. The Labute approximate surface area is 149 Å². The van der Waals surface area contributed by atoms with Crippen molar-refractivity contribution in [3.05, 3.63) is 64.2 Å². The maximum absolute atomic E-state index is 12.5. The van der Waals surface area contributed by atoms with Gasteiger partial charge in [0.05, 0.1) is 7.05 Å². The molecule has 2 aromatic rings. The number of quaternary nitrogens is 1. The van der Waals surface area contributed by atoms with Gasteiger partial charge in [-0.3, -0.25) is 4.79 Å². The Bertz CT molecular complexity index is 678. The number of rotatable bonds is 7. The van der Waals surface area contributed by atoms with Gasteiger partial charge >= 0.3 is 0 Å². The Morgan fingerprint density at radius 1 is 1.00 bits per heavy atom. The summed E-state index contributed by atoms with van der Waals surface area (Å²) in [5, 5.41) is 3.87. The summed E-state index contributed by atoms with van der Waals surface area (Å²) >= 11 is 6.20. The lowest BCUT2D eigenvalue weighted by atomic mass is 10.0. The summed E-state index contributed by atoms with van der Waals surface area (Å²) in [4.78, 5) is 13.6. The molecule has 1 amide bonds. The SMILES string of the molecule is CCc1cccc(CC)c1NC(=O)C[NH+](C)Cc1ccccc1Cl. The lowest BCUT2D eigenvalue weighted by molar-refractivity contribution is -0.885. The van der Waals surface area contributed by atoms with Gasteiger partial charge in [-0.05, 0) is 30.0 Å². The van der Waals surface area contributed by atoms with Gasteiger partial charge in [-0.15, -0.1) is 0 Å². The van der Waals surface area contributed by atoms with Crippen LogP contribution >= 0.6 is 11.6 Å². The smallest absolute Gasteiger partial charge is 0.279 e. The van der Waals surface area contributed by atoms with Crippen molar-refractivity contribution in [1.82, 2.24) is 0 Å². The minimum absolute atomic E-state index is 0.0372. The third kappa shape index (κ3) is 4.83. The summed E-state index contributed by atoms with van der Waals surface area (Å²) in [5.41, 5.74) is 4.42. The van der Waals surface area contributed by atoms with Crippen molar-refractivity contribution in [2.75, 3.05) is 18.9 Å². The van der Waals surface area contributed by atoms with Crippen LogP contribution in [0.15, 0.2) is 42.5 Å². The number of para-hydroxylation sites is 1. The van der Waals surface area contributed by atoms with Crippen molar-refractivity contribution in [2.45, 2.75) is 33.2 Å². The average Bonchev–Trinajstić information content (AvgIpc) is 2.57. The van der Waals surface area contributed by atoms with Gasteiger partial charge in [0.15, 0.2) is 6.54 Å². The van der Waals surface area contributed by atoms with Crippen molar-refractivity contribution >= 4 is 23.2 Å². The summed E-state index contributed by atoms with van der Waals surface area (Å²) in [5.74, 6) is 0.0372. The van der Waals surface area contributed by atoms with Gasteiger partial charge in [0.1, 0.15) is 6.54 Å². The summed E-state index contributed by atoms with van der Waals surface area (Å²) in [6.45, 7) is 5.36. The van der Waals surface area contributed by atoms with Gasteiger partial charge in [0.25, 0.3) is 5.91 Å². The fourth-order valence-corrected chi connectivity index (χ4v) is 3.09. The molecule has 0 bridgehead atoms. The highest BCUT2D eigenvalue weighted by Gasteiger charge is 2.15. The first-order chi connectivity index (χ1) is 11.5. The van der Waals surface area contributed by atoms with Crippen LogP contribution in [0.2, 0.25) is 5.02 Å². The zero-order valence-electron chi connectivity index (χ0n) is 14.7. The number of carbonyl (C=O) groups is 1. The molecule has 0 radical (unpaired) electrons. The lowest BCUT2D eigenvalue weighted by Crippen LogP contribution is -3.08. The first-order valence-electron chi connectivity index (χ1n) is 8.50. The molecule has 0 fully saturated rings. The number of likely N-dealkylation sites (N-methyl/N-ethyl adjacent to an activating group) is 1. The van der Waals surface area contributed by atoms with Gasteiger partial charge < -0.3 is 10.2 Å². The van der Waals surface area contributed by atoms with Gasteiger partial charge in [0.2, 0.25) is 0 Å². The number of hydrogen-bond acceptors (Lipinski definition) is 1. The van der Waals surface area contributed by atoms with Crippen molar-refractivity contribution < 1.29 is 9.69 Å². The van der Waals surface area contributed by atoms with Gasteiger partial charge in [0, 0.05) is 16.3 Å². The summed E-state index contributed by atoms with van der Waals surface area (Å²) < 4.78 is 0. The fourth-order valence-electron chi connectivity index (χ4n) is 2.89. The molecule has 1 atom stereocenters. The molecule has 2 N–H and O–H groups in total.